The molecule has 0 saturated carbocycles. The van der Waals surface area contributed by atoms with E-state index < -0.39 is 34.5 Å². The molecule has 0 heterocycles. The molecule has 1 atom stereocenters. The Bertz CT molecular complexity index is 1080. The molecule has 0 bridgehead atoms. The summed E-state index contributed by atoms with van der Waals surface area (Å²) in [5.41, 5.74) is 0.460. The van der Waals surface area contributed by atoms with Crippen LogP contribution in [-0.2, 0) is 14.8 Å². The first kappa shape index (κ1) is 23.2. The molecule has 8 nitrogen and oxygen atoms in total. The van der Waals surface area contributed by atoms with Crippen molar-refractivity contribution in [2.75, 3.05) is 6.61 Å². The van der Waals surface area contributed by atoms with Gasteiger partial charge in [0.05, 0.1) is 16.1 Å². The number of carboxylic acid groups (broad SMARTS) is 1. The van der Waals surface area contributed by atoms with Gasteiger partial charge in [0.2, 0.25) is 10.0 Å². The number of hydrogen-bond donors (Lipinski definition) is 3. The van der Waals surface area contributed by atoms with Gasteiger partial charge in [-0.25, -0.2) is 18.4 Å². The van der Waals surface area contributed by atoms with Crippen molar-refractivity contribution in [3.05, 3.63) is 56.5 Å². The van der Waals surface area contributed by atoms with Crippen LogP contribution in [0.15, 0.2) is 35.2 Å². The number of amides is 1. The Morgan fingerprint density at radius 2 is 1.83 bits per heavy atom. The minimum atomic E-state index is -4.11. The summed E-state index contributed by atoms with van der Waals surface area (Å²) in [5.74, 6) is -1.70. The molecule has 4 N–H and O–H groups in total. The number of carbonyl (C=O) groups excluding carboxylic acids is 1. The van der Waals surface area contributed by atoms with Crippen LogP contribution >= 0.6 is 34.8 Å². The molecule has 0 aliphatic carbocycles. The van der Waals surface area contributed by atoms with Crippen molar-refractivity contribution in [3.8, 4) is 5.75 Å². The molecule has 29 heavy (non-hydrogen) atoms. The summed E-state index contributed by atoms with van der Waals surface area (Å²) < 4.78 is 28.2. The van der Waals surface area contributed by atoms with E-state index in [4.69, 9.17) is 49.8 Å². The highest BCUT2D eigenvalue weighted by Gasteiger charge is 2.20. The van der Waals surface area contributed by atoms with Crippen LogP contribution in [0, 0.1) is 0 Å². The Morgan fingerprint density at radius 1 is 1.17 bits per heavy atom. The SMILES string of the molecule is CC(NC(=O)c1ccc(Cl)c(S(N)(=O)=O)c1)c1ccc(OCC(=O)O)c(Cl)c1Cl. The second-order valence-electron chi connectivity index (χ2n) is 5.85. The van der Waals surface area contributed by atoms with Crippen LogP contribution in [0.5, 0.6) is 5.75 Å². The first-order valence-electron chi connectivity index (χ1n) is 7.87. The number of carbonyl (C=O) groups is 2. The Balaban J connectivity index is 2.24. The van der Waals surface area contributed by atoms with Crippen molar-refractivity contribution >= 4 is 56.7 Å². The number of hydrogen-bond acceptors (Lipinski definition) is 5. The minimum Gasteiger partial charge on any atom is -0.480 e. The Labute approximate surface area is 181 Å². The first-order chi connectivity index (χ1) is 13.4. The van der Waals surface area contributed by atoms with Gasteiger partial charge in [-0.05, 0) is 36.8 Å². The summed E-state index contributed by atoms with van der Waals surface area (Å²) in [6.45, 7) is 1.04. The third-order valence-electron chi connectivity index (χ3n) is 3.74. The molecule has 156 valence electrons. The lowest BCUT2D eigenvalue weighted by molar-refractivity contribution is -0.139. The van der Waals surface area contributed by atoms with Crippen LogP contribution in [0.4, 0.5) is 0 Å². The normalized spacial score (nSPS) is 12.3. The summed E-state index contributed by atoms with van der Waals surface area (Å²) in [6.07, 6.45) is 0. The molecule has 2 aromatic carbocycles. The maximum Gasteiger partial charge on any atom is 0.341 e. The lowest BCUT2D eigenvalue weighted by atomic mass is 10.1. The molecular formula is C17H15Cl3N2O6S. The topological polar surface area (TPSA) is 136 Å². The molecule has 1 unspecified atom stereocenters. The van der Waals surface area contributed by atoms with Gasteiger partial charge in [-0.15, -0.1) is 0 Å². The summed E-state index contributed by atoms with van der Waals surface area (Å²) in [6, 6.07) is 5.98. The van der Waals surface area contributed by atoms with E-state index in [2.05, 4.69) is 5.32 Å². The van der Waals surface area contributed by atoms with Crippen molar-refractivity contribution in [2.24, 2.45) is 5.14 Å². The standard InChI is InChI=1S/C17H15Cl3N2O6S/c1-8(10-3-5-12(16(20)15(10)19)28-7-14(23)24)22-17(25)9-2-4-11(18)13(6-9)29(21,26)27/h2-6,8H,7H2,1H3,(H,22,25)(H,23,24)(H2,21,26,27). The van der Waals surface area contributed by atoms with Gasteiger partial charge in [0.15, 0.2) is 6.61 Å². The minimum absolute atomic E-state index is 0.00507. The van der Waals surface area contributed by atoms with E-state index in [9.17, 15) is 18.0 Å². The fourth-order valence-electron chi connectivity index (χ4n) is 2.35. The highest BCUT2D eigenvalue weighted by molar-refractivity contribution is 7.89. The summed E-state index contributed by atoms with van der Waals surface area (Å²) in [4.78, 5) is 22.7. The van der Waals surface area contributed by atoms with E-state index in [0.29, 0.717) is 5.56 Å². The largest absolute Gasteiger partial charge is 0.480 e. The highest BCUT2D eigenvalue weighted by atomic mass is 35.5. The molecule has 0 saturated heterocycles. The average molecular weight is 482 g/mol. The van der Waals surface area contributed by atoms with Gasteiger partial charge < -0.3 is 15.2 Å². The van der Waals surface area contributed by atoms with Crippen LogP contribution in [0.25, 0.3) is 0 Å². The van der Waals surface area contributed by atoms with Crippen LogP contribution in [-0.4, -0.2) is 32.0 Å². The molecule has 0 aromatic heterocycles. The van der Waals surface area contributed by atoms with E-state index >= 15 is 0 Å². The Kier molecular flexibility index (Phi) is 7.36. The second-order valence-corrected chi connectivity index (χ2v) is 8.54. The zero-order chi connectivity index (χ0) is 21.9. The maximum atomic E-state index is 12.5. The second kappa shape index (κ2) is 9.19. The maximum absolute atomic E-state index is 12.5. The number of nitrogens with one attached hydrogen (secondary N) is 1. The molecular weight excluding hydrogens is 467 g/mol. The van der Waals surface area contributed by atoms with Crippen molar-refractivity contribution in [2.45, 2.75) is 17.9 Å². The number of benzene rings is 2. The number of rotatable bonds is 7. The number of aliphatic carboxylic acids is 1. The van der Waals surface area contributed by atoms with Crippen LogP contribution in [0.1, 0.15) is 28.9 Å². The van der Waals surface area contributed by atoms with Gasteiger partial charge in [-0.3, -0.25) is 4.79 Å². The molecule has 1 amide bonds. The molecule has 0 fully saturated rings. The van der Waals surface area contributed by atoms with Gasteiger partial charge in [0.1, 0.15) is 15.7 Å². The van der Waals surface area contributed by atoms with Gasteiger partial charge in [0.25, 0.3) is 5.91 Å². The molecule has 0 spiro atoms. The first-order valence-corrected chi connectivity index (χ1v) is 10.6. The number of nitrogens with two attached hydrogens (primary N) is 1. The molecule has 2 aromatic rings. The summed E-state index contributed by atoms with van der Waals surface area (Å²) in [5, 5.41) is 16.4. The number of primary sulfonamides is 1. The van der Waals surface area contributed by atoms with Crippen molar-refractivity contribution < 1.29 is 27.9 Å². The third kappa shape index (κ3) is 5.74. The van der Waals surface area contributed by atoms with Crippen molar-refractivity contribution in [1.29, 1.82) is 0 Å². The predicted octanol–water partition coefficient (Wildman–Crippen LogP) is 3.25. The monoisotopic (exact) mass is 480 g/mol. The fourth-order valence-corrected chi connectivity index (χ4v) is 3.97. The van der Waals surface area contributed by atoms with E-state index in [1.165, 1.54) is 24.3 Å². The number of sulfonamides is 1. The average Bonchev–Trinajstić information content (AvgIpc) is 2.62. The van der Waals surface area contributed by atoms with E-state index in [-0.39, 0.29) is 31.3 Å². The number of halogens is 3. The predicted molar refractivity (Wildman–Crippen MR) is 108 cm³/mol. The van der Waals surface area contributed by atoms with Crippen LogP contribution in [0.3, 0.4) is 0 Å². The van der Waals surface area contributed by atoms with Gasteiger partial charge in [-0.2, -0.15) is 0 Å². The van der Waals surface area contributed by atoms with Gasteiger partial charge >= 0.3 is 5.97 Å². The van der Waals surface area contributed by atoms with Gasteiger partial charge in [-0.1, -0.05) is 40.9 Å². The van der Waals surface area contributed by atoms with Crippen LogP contribution < -0.4 is 15.2 Å². The fraction of sp³-hybridized carbons (Fsp3) is 0.176. The smallest absolute Gasteiger partial charge is 0.341 e. The van der Waals surface area contributed by atoms with E-state index in [1.54, 1.807) is 6.92 Å². The zero-order valence-corrected chi connectivity index (χ0v) is 17.9. The number of carboxylic acids is 1. The quantitative estimate of drug-likeness (QED) is 0.555. The highest BCUT2D eigenvalue weighted by Crippen LogP contribution is 2.37. The van der Waals surface area contributed by atoms with Crippen molar-refractivity contribution in [3.63, 3.8) is 0 Å². The lowest BCUT2D eigenvalue weighted by Gasteiger charge is -2.18. The molecule has 0 aliphatic rings. The number of ether oxygens (including phenoxy) is 1. The van der Waals surface area contributed by atoms with E-state index in [0.717, 1.165) is 6.07 Å². The van der Waals surface area contributed by atoms with Crippen molar-refractivity contribution in [1.82, 2.24) is 5.32 Å². The van der Waals surface area contributed by atoms with Gasteiger partial charge in [0, 0.05) is 5.56 Å². The summed E-state index contributed by atoms with van der Waals surface area (Å²) >= 11 is 18.1. The zero-order valence-electron chi connectivity index (χ0n) is 14.8. The molecule has 0 aliphatic heterocycles. The molecule has 2 rings (SSSR count). The Morgan fingerprint density at radius 3 is 2.41 bits per heavy atom. The lowest BCUT2D eigenvalue weighted by Crippen LogP contribution is -2.27. The molecule has 12 heteroatoms. The molecule has 0 radical (unpaired) electrons. The third-order valence-corrected chi connectivity index (χ3v) is 6.01. The Hall–Kier alpha value is -2.04. The van der Waals surface area contributed by atoms with Crippen LogP contribution in [0.2, 0.25) is 15.1 Å². The van der Waals surface area contributed by atoms with E-state index in [1.807, 2.05) is 0 Å². The summed E-state index contributed by atoms with van der Waals surface area (Å²) in [7, 11) is -4.11.